The zero-order valence-corrected chi connectivity index (χ0v) is 17.6. The van der Waals surface area contributed by atoms with Gasteiger partial charge in [-0.25, -0.2) is 4.79 Å². The van der Waals surface area contributed by atoms with E-state index in [4.69, 9.17) is 32.7 Å². The number of tetrazole rings is 1. The standard InChI is InChI=1S/C20H17Cl2N5O3/c1-11-17(19(28)29-2)18(27-20(23-11)24-25-26-27)12-4-7-15(8-5-12)30-10-13-3-6-14(21)9-16(13)22/h3-9,18H,10H2,1-2H3,(H,23,24,26). The number of fused-ring (bicyclic) bond motifs is 1. The monoisotopic (exact) mass is 445 g/mol. The molecule has 1 unspecified atom stereocenters. The lowest BCUT2D eigenvalue weighted by molar-refractivity contribution is -0.136. The molecule has 0 spiro atoms. The number of rotatable bonds is 5. The summed E-state index contributed by atoms with van der Waals surface area (Å²) < 4.78 is 12.3. The molecule has 0 saturated heterocycles. The minimum absolute atomic E-state index is 0.298. The van der Waals surface area contributed by atoms with Gasteiger partial charge >= 0.3 is 5.97 Å². The minimum atomic E-state index is -0.525. The predicted octanol–water partition coefficient (Wildman–Crippen LogP) is 4.02. The molecule has 4 rings (SSSR count). The number of methoxy groups -OCH3 is 1. The highest BCUT2D eigenvalue weighted by atomic mass is 35.5. The van der Waals surface area contributed by atoms with Crippen LogP contribution >= 0.6 is 23.2 Å². The third kappa shape index (κ3) is 3.83. The molecular formula is C20H17Cl2N5O3. The quantitative estimate of drug-likeness (QED) is 0.592. The second-order valence-electron chi connectivity index (χ2n) is 6.60. The van der Waals surface area contributed by atoms with Crippen LogP contribution in [-0.2, 0) is 16.1 Å². The van der Waals surface area contributed by atoms with Crippen LogP contribution in [0.4, 0.5) is 5.95 Å². The zero-order valence-electron chi connectivity index (χ0n) is 16.1. The van der Waals surface area contributed by atoms with Gasteiger partial charge in [0.1, 0.15) is 18.4 Å². The fourth-order valence-corrected chi connectivity index (χ4v) is 3.70. The Labute approximate surface area is 182 Å². The zero-order chi connectivity index (χ0) is 21.3. The SMILES string of the molecule is COC(=O)C1=C(C)Nc2nnnn2C1c1ccc(OCc2ccc(Cl)cc2Cl)cc1. The van der Waals surface area contributed by atoms with Crippen molar-refractivity contribution in [2.24, 2.45) is 0 Å². The summed E-state index contributed by atoms with van der Waals surface area (Å²) in [7, 11) is 1.34. The van der Waals surface area contributed by atoms with Crippen LogP contribution in [0.5, 0.6) is 5.75 Å². The number of anilines is 1. The number of esters is 1. The molecule has 1 N–H and O–H groups in total. The molecule has 0 bridgehead atoms. The summed E-state index contributed by atoms with van der Waals surface area (Å²) in [6, 6.07) is 12.1. The number of nitrogens with one attached hydrogen (secondary N) is 1. The number of aromatic nitrogens is 4. The highest BCUT2D eigenvalue weighted by Crippen LogP contribution is 2.35. The molecule has 0 radical (unpaired) electrons. The molecule has 10 heteroatoms. The van der Waals surface area contributed by atoms with Gasteiger partial charge in [0.2, 0.25) is 5.95 Å². The number of allylic oxidation sites excluding steroid dienone is 1. The molecule has 1 aliphatic rings. The molecular weight excluding hydrogens is 429 g/mol. The Morgan fingerprint density at radius 3 is 2.67 bits per heavy atom. The Hall–Kier alpha value is -3.10. The average Bonchev–Trinajstić information content (AvgIpc) is 3.20. The van der Waals surface area contributed by atoms with E-state index in [1.54, 1.807) is 23.7 Å². The first-order chi connectivity index (χ1) is 14.5. The van der Waals surface area contributed by atoms with Crippen molar-refractivity contribution < 1.29 is 14.3 Å². The number of hydrogen-bond donors (Lipinski definition) is 1. The van der Waals surface area contributed by atoms with Gasteiger partial charge in [-0.1, -0.05) is 46.5 Å². The summed E-state index contributed by atoms with van der Waals surface area (Å²) >= 11 is 12.1. The number of carbonyl (C=O) groups excluding carboxylic acids is 1. The molecule has 2 heterocycles. The maximum absolute atomic E-state index is 12.4. The van der Waals surface area contributed by atoms with Crippen LogP contribution in [0.2, 0.25) is 10.0 Å². The highest BCUT2D eigenvalue weighted by Gasteiger charge is 2.34. The smallest absolute Gasteiger partial charge is 0.338 e. The van der Waals surface area contributed by atoms with Crippen molar-refractivity contribution in [2.75, 3.05) is 12.4 Å². The molecule has 1 aliphatic heterocycles. The van der Waals surface area contributed by atoms with Gasteiger partial charge in [0.15, 0.2) is 0 Å². The Morgan fingerprint density at radius 2 is 1.97 bits per heavy atom. The van der Waals surface area contributed by atoms with Crippen molar-refractivity contribution in [3.05, 3.63) is 74.9 Å². The van der Waals surface area contributed by atoms with Crippen molar-refractivity contribution in [3.8, 4) is 5.75 Å². The molecule has 154 valence electrons. The van der Waals surface area contributed by atoms with E-state index >= 15 is 0 Å². The van der Waals surface area contributed by atoms with Crippen molar-refractivity contribution in [1.29, 1.82) is 0 Å². The lowest BCUT2D eigenvalue weighted by atomic mass is 9.96. The topological polar surface area (TPSA) is 91.2 Å². The van der Waals surface area contributed by atoms with E-state index in [0.717, 1.165) is 11.1 Å². The Bertz CT molecular complexity index is 1130. The minimum Gasteiger partial charge on any atom is -0.489 e. The molecule has 0 amide bonds. The van der Waals surface area contributed by atoms with Gasteiger partial charge in [0, 0.05) is 21.3 Å². The van der Waals surface area contributed by atoms with Crippen molar-refractivity contribution in [1.82, 2.24) is 20.2 Å². The summed E-state index contributed by atoms with van der Waals surface area (Å²) in [5, 5.41) is 15.8. The molecule has 0 aliphatic carbocycles. The summed E-state index contributed by atoms with van der Waals surface area (Å²) in [6.45, 7) is 2.08. The maximum Gasteiger partial charge on any atom is 0.338 e. The van der Waals surface area contributed by atoms with Crippen LogP contribution in [-0.4, -0.2) is 33.3 Å². The Balaban J connectivity index is 1.59. The maximum atomic E-state index is 12.4. The van der Waals surface area contributed by atoms with Crippen molar-refractivity contribution in [2.45, 2.75) is 19.6 Å². The number of benzene rings is 2. The van der Waals surface area contributed by atoms with Crippen molar-refractivity contribution >= 4 is 35.1 Å². The lowest BCUT2D eigenvalue weighted by Crippen LogP contribution is -2.29. The molecule has 1 aromatic heterocycles. The molecule has 0 saturated carbocycles. The number of nitrogens with zero attached hydrogens (tertiary/aromatic N) is 4. The fraction of sp³-hybridized carbons (Fsp3) is 0.200. The predicted molar refractivity (Wildman–Crippen MR) is 112 cm³/mol. The summed E-state index contributed by atoms with van der Waals surface area (Å²) in [4.78, 5) is 12.4. The van der Waals surface area contributed by atoms with Crippen LogP contribution in [0.15, 0.2) is 53.7 Å². The number of ether oxygens (including phenoxy) is 2. The van der Waals surface area contributed by atoms with Crippen molar-refractivity contribution in [3.63, 3.8) is 0 Å². The van der Waals surface area contributed by atoms with Crippen LogP contribution in [0, 0.1) is 0 Å². The van der Waals surface area contributed by atoms with Gasteiger partial charge in [-0.2, -0.15) is 4.68 Å². The van der Waals surface area contributed by atoms with Crippen LogP contribution in [0.3, 0.4) is 0 Å². The molecule has 30 heavy (non-hydrogen) atoms. The molecule has 8 nitrogen and oxygen atoms in total. The average molecular weight is 446 g/mol. The van der Waals surface area contributed by atoms with Gasteiger partial charge in [0.05, 0.1) is 12.7 Å². The number of carbonyl (C=O) groups is 1. The first kappa shape index (κ1) is 20.2. The Morgan fingerprint density at radius 1 is 1.20 bits per heavy atom. The lowest BCUT2D eigenvalue weighted by Gasteiger charge is -2.27. The van der Waals surface area contributed by atoms with Crippen LogP contribution in [0.25, 0.3) is 0 Å². The number of hydrogen-bond acceptors (Lipinski definition) is 7. The van der Waals surface area contributed by atoms with Gasteiger partial charge in [-0.3, -0.25) is 0 Å². The van der Waals surface area contributed by atoms with E-state index in [-0.39, 0.29) is 0 Å². The van der Waals surface area contributed by atoms with Crippen LogP contribution in [0.1, 0.15) is 24.1 Å². The van der Waals surface area contributed by atoms with E-state index in [1.165, 1.54) is 7.11 Å². The molecule has 0 fully saturated rings. The van der Waals surface area contributed by atoms with Gasteiger partial charge in [-0.15, -0.1) is 0 Å². The first-order valence-electron chi connectivity index (χ1n) is 8.98. The molecule has 1 atom stereocenters. The van der Waals surface area contributed by atoms with Gasteiger partial charge in [0.25, 0.3) is 0 Å². The Kier molecular flexibility index (Phi) is 5.61. The van der Waals surface area contributed by atoms with E-state index in [9.17, 15) is 4.79 Å². The third-order valence-electron chi connectivity index (χ3n) is 4.72. The molecule has 2 aromatic carbocycles. The summed E-state index contributed by atoms with van der Waals surface area (Å²) in [5.74, 6) is 0.641. The van der Waals surface area contributed by atoms with E-state index in [1.807, 2.05) is 30.3 Å². The highest BCUT2D eigenvalue weighted by molar-refractivity contribution is 6.35. The normalized spacial score (nSPS) is 15.4. The van der Waals surface area contributed by atoms with E-state index in [2.05, 4.69) is 20.8 Å². The second kappa shape index (κ2) is 8.33. The molecule has 3 aromatic rings. The van der Waals surface area contributed by atoms with Crippen LogP contribution < -0.4 is 10.1 Å². The fourth-order valence-electron chi connectivity index (χ4n) is 3.24. The summed E-state index contributed by atoms with van der Waals surface area (Å²) in [6.07, 6.45) is 0. The largest absolute Gasteiger partial charge is 0.489 e. The first-order valence-corrected chi connectivity index (χ1v) is 9.74. The second-order valence-corrected chi connectivity index (χ2v) is 7.44. The number of halogens is 2. The van der Waals surface area contributed by atoms with E-state index < -0.39 is 12.0 Å². The third-order valence-corrected chi connectivity index (χ3v) is 5.31. The van der Waals surface area contributed by atoms with Gasteiger partial charge < -0.3 is 14.8 Å². The van der Waals surface area contributed by atoms with E-state index in [0.29, 0.717) is 39.6 Å². The van der Waals surface area contributed by atoms with Gasteiger partial charge in [-0.05, 0) is 47.2 Å². The summed E-state index contributed by atoms with van der Waals surface area (Å²) in [5.41, 5.74) is 2.70.